The molecule has 1 fully saturated rings. The Balaban J connectivity index is 1.54. The molecule has 0 spiro atoms. The van der Waals surface area contributed by atoms with Crippen LogP contribution >= 0.6 is 0 Å². The zero-order chi connectivity index (χ0) is 18.7. The number of hydrogen-bond donors (Lipinski definition) is 1. The Bertz CT molecular complexity index is 738. The normalized spacial score (nSPS) is 15.9. The van der Waals surface area contributed by atoms with E-state index in [1.54, 1.807) is 17.0 Å². The highest BCUT2D eigenvalue weighted by atomic mass is 16.6. The summed E-state index contributed by atoms with van der Waals surface area (Å²) >= 11 is 0. The molecule has 6 nitrogen and oxygen atoms in total. The molecule has 0 bridgehead atoms. The third-order valence-corrected chi connectivity index (χ3v) is 4.49. The monoisotopic (exact) mass is 357 g/mol. The summed E-state index contributed by atoms with van der Waals surface area (Å²) in [5.74, 6) is 0.279. The van der Waals surface area contributed by atoms with E-state index in [1.165, 1.54) is 0 Å². The summed E-state index contributed by atoms with van der Waals surface area (Å²) in [7, 11) is 0. The number of carbonyl (C=O) groups excluding carboxylic acids is 1. The van der Waals surface area contributed by atoms with Gasteiger partial charge >= 0.3 is 6.09 Å². The molecule has 1 aliphatic rings. The first-order valence-corrected chi connectivity index (χ1v) is 9.09. The predicted octanol–water partition coefficient (Wildman–Crippen LogP) is 3.75. The molecule has 0 unspecified atom stereocenters. The quantitative estimate of drug-likeness (QED) is 0.908. The maximum absolute atomic E-state index is 12.2. The van der Waals surface area contributed by atoms with Gasteiger partial charge in [-0.3, -0.25) is 4.68 Å². The minimum Gasteiger partial charge on any atom is -0.508 e. The van der Waals surface area contributed by atoms with Crippen LogP contribution in [0.25, 0.3) is 0 Å². The highest BCUT2D eigenvalue weighted by molar-refractivity contribution is 5.68. The molecular formula is C20H27N3O3. The van der Waals surface area contributed by atoms with Crippen LogP contribution in [0.4, 0.5) is 4.79 Å². The summed E-state index contributed by atoms with van der Waals surface area (Å²) in [6.07, 6.45) is 6.29. The number of piperidine rings is 1. The summed E-state index contributed by atoms with van der Waals surface area (Å²) in [6.45, 7) is 7.03. The molecule has 0 atom stereocenters. The highest BCUT2D eigenvalue weighted by Crippen LogP contribution is 2.24. The van der Waals surface area contributed by atoms with Gasteiger partial charge in [-0.1, -0.05) is 12.1 Å². The fraction of sp³-hybridized carbons (Fsp3) is 0.500. The van der Waals surface area contributed by atoms with E-state index >= 15 is 0 Å². The first kappa shape index (κ1) is 18.3. The van der Waals surface area contributed by atoms with Crippen molar-refractivity contribution in [3.8, 4) is 5.75 Å². The van der Waals surface area contributed by atoms with Gasteiger partial charge in [0.2, 0.25) is 0 Å². The van der Waals surface area contributed by atoms with Gasteiger partial charge < -0.3 is 14.7 Å². The van der Waals surface area contributed by atoms with Crippen molar-refractivity contribution >= 4 is 6.09 Å². The molecule has 2 heterocycles. The number of benzene rings is 1. The molecule has 1 aromatic heterocycles. The van der Waals surface area contributed by atoms with Gasteiger partial charge in [0.1, 0.15) is 11.4 Å². The van der Waals surface area contributed by atoms with Gasteiger partial charge in [0, 0.05) is 25.7 Å². The van der Waals surface area contributed by atoms with Crippen molar-refractivity contribution in [2.75, 3.05) is 13.1 Å². The number of ether oxygens (including phenoxy) is 1. The smallest absolute Gasteiger partial charge is 0.410 e. The lowest BCUT2D eigenvalue weighted by Crippen LogP contribution is -2.42. The van der Waals surface area contributed by atoms with Gasteiger partial charge in [-0.25, -0.2) is 4.79 Å². The van der Waals surface area contributed by atoms with E-state index in [-0.39, 0.29) is 11.8 Å². The Morgan fingerprint density at radius 2 is 1.85 bits per heavy atom. The van der Waals surface area contributed by atoms with E-state index in [2.05, 4.69) is 11.3 Å². The minimum absolute atomic E-state index is 0.232. The van der Waals surface area contributed by atoms with Crippen molar-refractivity contribution in [3.63, 3.8) is 0 Å². The molecule has 140 valence electrons. The number of likely N-dealkylation sites (tertiary alicyclic amines) is 1. The maximum atomic E-state index is 12.2. The van der Waals surface area contributed by atoms with Crippen LogP contribution in [0.3, 0.4) is 0 Å². The summed E-state index contributed by atoms with van der Waals surface area (Å²) in [5, 5.41) is 13.9. The lowest BCUT2D eigenvalue weighted by molar-refractivity contribution is 0.0185. The van der Waals surface area contributed by atoms with Crippen molar-refractivity contribution < 1.29 is 14.6 Å². The molecule has 1 aliphatic heterocycles. The minimum atomic E-state index is -0.459. The van der Waals surface area contributed by atoms with Crippen molar-refractivity contribution in [2.45, 2.75) is 51.7 Å². The Morgan fingerprint density at radius 1 is 1.19 bits per heavy atom. The number of phenols is 1. The van der Waals surface area contributed by atoms with Crippen LogP contribution in [-0.4, -0.2) is 44.6 Å². The van der Waals surface area contributed by atoms with Crippen LogP contribution in [0, 0.1) is 0 Å². The van der Waals surface area contributed by atoms with Crippen molar-refractivity contribution in [2.24, 2.45) is 0 Å². The molecule has 0 saturated carbocycles. The summed E-state index contributed by atoms with van der Waals surface area (Å²) in [5.41, 5.74) is 1.83. The lowest BCUT2D eigenvalue weighted by Gasteiger charge is -2.33. The zero-order valence-electron chi connectivity index (χ0n) is 15.7. The molecule has 2 aromatic rings. The summed E-state index contributed by atoms with van der Waals surface area (Å²) in [6, 6.07) is 7.55. The third kappa shape index (κ3) is 4.77. The van der Waals surface area contributed by atoms with Gasteiger partial charge in [-0.05, 0) is 56.9 Å². The molecular weight excluding hydrogens is 330 g/mol. The van der Waals surface area contributed by atoms with Gasteiger partial charge in [-0.15, -0.1) is 0 Å². The molecule has 1 saturated heterocycles. The number of rotatable bonds is 3. The van der Waals surface area contributed by atoms with Crippen LogP contribution in [0.15, 0.2) is 36.7 Å². The standard InChI is InChI=1S/C20H27N3O3/c1-20(2,3)26-19(25)22-10-8-17(9-11-22)23-14-16(13-21-23)12-15-4-6-18(24)7-5-15/h4-7,13-14,17,24H,8-12H2,1-3H3. The zero-order valence-corrected chi connectivity index (χ0v) is 15.7. The van der Waals surface area contributed by atoms with Crippen molar-refractivity contribution in [3.05, 3.63) is 47.8 Å². The fourth-order valence-corrected chi connectivity index (χ4v) is 3.16. The van der Waals surface area contributed by atoms with E-state index in [4.69, 9.17) is 4.74 Å². The number of hydrogen-bond acceptors (Lipinski definition) is 4. The second kappa shape index (κ2) is 7.40. The fourth-order valence-electron chi connectivity index (χ4n) is 3.16. The van der Waals surface area contributed by atoms with Gasteiger partial charge in [-0.2, -0.15) is 5.10 Å². The second-order valence-corrected chi connectivity index (χ2v) is 7.87. The summed E-state index contributed by atoms with van der Waals surface area (Å²) in [4.78, 5) is 13.9. The topological polar surface area (TPSA) is 67.6 Å². The molecule has 1 N–H and O–H groups in total. The number of carbonyl (C=O) groups is 1. The SMILES string of the molecule is CC(C)(C)OC(=O)N1CCC(n2cc(Cc3ccc(O)cc3)cn2)CC1. The van der Waals surface area contributed by atoms with E-state index in [1.807, 2.05) is 43.8 Å². The third-order valence-electron chi connectivity index (χ3n) is 4.49. The van der Waals surface area contributed by atoms with Gasteiger partial charge in [0.25, 0.3) is 0 Å². The molecule has 1 aromatic carbocycles. The number of aromatic nitrogens is 2. The molecule has 3 rings (SSSR count). The van der Waals surface area contributed by atoms with Crippen LogP contribution in [0.1, 0.15) is 50.8 Å². The maximum Gasteiger partial charge on any atom is 0.410 e. The first-order valence-electron chi connectivity index (χ1n) is 9.09. The lowest BCUT2D eigenvalue weighted by atomic mass is 10.1. The van der Waals surface area contributed by atoms with Crippen LogP contribution in [0.2, 0.25) is 0 Å². The van der Waals surface area contributed by atoms with Crippen LogP contribution < -0.4 is 0 Å². The van der Waals surface area contributed by atoms with E-state index < -0.39 is 5.60 Å². The Hall–Kier alpha value is -2.50. The largest absolute Gasteiger partial charge is 0.508 e. The molecule has 1 amide bonds. The Kier molecular flexibility index (Phi) is 5.20. The van der Waals surface area contributed by atoms with Gasteiger partial charge in [0.05, 0.1) is 12.2 Å². The number of nitrogens with zero attached hydrogens (tertiary/aromatic N) is 3. The van der Waals surface area contributed by atoms with Crippen LogP contribution in [0.5, 0.6) is 5.75 Å². The second-order valence-electron chi connectivity index (χ2n) is 7.87. The van der Waals surface area contributed by atoms with Crippen LogP contribution in [-0.2, 0) is 11.2 Å². The van der Waals surface area contributed by atoms with Crippen molar-refractivity contribution in [1.29, 1.82) is 0 Å². The van der Waals surface area contributed by atoms with Crippen molar-refractivity contribution in [1.82, 2.24) is 14.7 Å². The average Bonchev–Trinajstić information content (AvgIpc) is 3.04. The first-order chi connectivity index (χ1) is 12.3. The molecule has 6 heteroatoms. The number of aromatic hydroxyl groups is 1. The highest BCUT2D eigenvalue weighted by Gasteiger charge is 2.27. The number of phenolic OH excluding ortho intramolecular Hbond substituents is 1. The van der Waals surface area contributed by atoms with E-state index in [0.717, 1.165) is 30.4 Å². The number of amides is 1. The summed E-state index contributed by atoms with van der Waals surface area (Å²) < 4.78 is 7.46. The van der Waals surface area contributed by atoms with E-state index in [0.29, 0.717) is 19.1 Å². The van der Waals surface area contributed by atoms with E-state index in [9.17, 15) is 9.90 Å². The Labute approximate surface area is 154 Å². The molecule has 0 radical (unpaired) electrons. The van der Waals surface area contributed by atoms with Gasteiger partial charge in [0.15, 0.2) is 0 Å². The average molecular weight is 357 g/mol. The predicted molar refractivity (Wildman–Crippen MR) is 99.2 cm³/mol. The molecule has 26 heavy (non-hydrogen) atoms. The molecule has 0 aliphatic carbocycles. The Morgan fingerprint density at radius 3 is 2.46 bits per heavy atom.